The van der Waals surface area contributed by atoms with Crippen LogP contribution in [0.5, 0.6) is 0 Å². The van der Waals surface area contributed by atoms with Gasteiger partial charge in [-0.05, 0) is 37.5 Å². The molecule has 0 radical (unpaired) electrons. The van der Waals surface area contributed by atoms with Crippen LogP contribution in [0.3, 0.4) is 0 Å². The van der Waals surface area contributed by atoms with E-state index in [-0.39, 0.29) is 5.91 Å². The molecule has 0 spiro atoms. The van der Waals surface area contributed by atoms with Gasteiger partial charge in [-0.1, -0.05) is 53.6 Å². The lowest BCUT2D eigenvalue weighted by Crippen LogP contribution is -2.45. The van der Waals surface area contributed by atoms with E-state index in [9.17, 15) is 9.59 Å². The number of hydrogen-bond donors (Lipinski definition) is 2. The summed E-state index contributed by atoms with van der Waals surface area (Å²) in [5.74, 6) is -0.336. The smallest absolute Gasteiger partial charge is 0.316 e. The highest BCUT2D eigenvalue weighted by atomic mass is 16.2. The van der Waals surface area contributed by atoms with Gasteiger partial charge in [-0.15, -0.1) is 0 Å². The number of hydrogen-bond acceptors (Lipinski definition) is 2. The Labute approximate surface area is 129 Å². The molecule has 4 heteroatoms. The number of carbonyl (C=O) groups excluding carboxylic acids is 2. The molecule has 112 valence electrons. The standard InChI is InChI=1S/C18H18N2O2/c1-11-8-12(2)10-14(9-11)18(16(21)19-17(22)20-18)15-7-5-4-6-13(15)3/h4-10H,1-3H3,(H2,19,20,21,22)/t18-/m0/s1. The van der Waals surface area contributed by atoms with Crippen molar-refractivity contribution in [3.8, 4) is 0 Å². The number of imide groups is 1. The van der Waals surface area contributed by atoms with Gasteiger partial charge in [0, 0.05) is 0 Å². The number of amides is 3. The highest BCUT2D eigenvalue weighted by Crippen LogP contribution is 2.35. The van der Waals surface area contributed by atoms with Gasteiger partial charge in [0.25, 0.3) is 5.91 Å². The largest absolute Gasteiger partial charge is 0.322 e. The van der Waals surface area contributed by atoms with Gasteiger partial charge in [0.05, 0.1) is 0 Å². The molecule has 0 saturated carbocycles. The van der Waals surface area contributed by atoms with E-state index in [0.29, 0.717) is 0 Å². The highest BCUT2D eigenvalue weighted by molar-refractivity contribution is 6.09. The molecule has 1 heterocycles. The molecule has 1 saturated heterocycles. The molecule has 3 rings (SSSR count). The molecule has 2 N–H and O–H groups in total. The molecule has 1 atom stereocenters. The van der Waals surface area contributed by atoms with Crippen molar-refractivity contribution in [1.82, 2.24) is 10.6 Å². The Morgan fingerprint density at radius 2 is 1.55 bits per heavy atom. The van der Waals surface area contributed by atoms with E-state index in [2.05, 4.69) is 10.6 Å². The van der Waals surface area contributed by atoms with Crippen molar-refractivity contribution in [3.05, 3.63) is 70.3 Å². The molecule has 4 nitrogen and oxygen atoms in total. The van der Waals surface area contributed by atoms with Crippen molar-refractivity contribution in [2.45, 2.75) is 26.3 Å². The summed E-state index contributed by atoms with van der Waals surface area (Å²) in [6.45, 7) is 5.91. The fourth-order valence-corrected chi connectivity index (χ4v) is 3.19. The van der Waals surface area contributed by atoms with Crippen LogP contribution in [-0.2, 0) is 10.3 Å². The lowest BCUT2D eigenvalue weighted by atomic mass is 9.79. The van der Waals surface area contributed by atoms with Crippen molar-refractivity contribution in [1.29, 1.82) is 0 Å². The van der Waals surface area contributed by atoms with Crippen molar-refractivity contribution >= 4 is 11.9 Å². The Kier molecular flexibility index (Phi) is 3.24. The van der Waals surface area contributed by atoms with Gasteiger partial charge in [-0.3, -0.25) is 10.1 Å². The third-order valence-corrected chi connectivity index (χ3v) is 4.07. The van der Waals surface area contributed by atoms with Gasteiger partial charge in [0.15, 0.2) is 5.54 Å². The molecule has 1 aliphatic heterocycles. The van der Waals surface area contributed by atoms with Crippen LogP contribution in [0.4, 0.5) is 4.79 Å². The minimum Gasteiger partial charge on any atom is -0.316 e. The Morgan fingerprint density at radius 3 is 2.09 bits per heavy atom. The second kappa shape index (κ2) is 4.98. The summed E-state index contributed by atoms with van der Waals surface area (Å²) in [5.41, 5.74) is 3.47. The lowest BCUT2D eigenvalue weighted by Gasteiger charge is -2.29. The number of carbonyl (C=O) groups is 2. The molecule has 0 aliphatic carbocycles. The molecule has 1 fully saturated rings. The molecule has 1 aliphatic rings. The van der Waals surface area contributed by atoms with Gasteiger partial charge >= 0.3 is 6.03 Å². The third kappa shape index (κ3) is 2.08. The van der Waals surface area contributed by atoms with E-state index in [4.69, 9.17) is 0 Å². The summed E-state index contributed by atoms with van der Waals surface area (Å²) in [4.78, 5) is 24.5. The maximum atomic E-state index is 12.7. The first-order valence-corrected chi connectivity index (χ1v) is 7.22. The van der Waals surface area contributed by atoms with Crippen molar-refractivity contribution in [2.75, 3.05) is 0 Å². The molecule has 22 heavy (non-hydrogen) atoms. The van der Waals surface area contributed by atoms with E-state index < -0.39 is 11.6 Å². The van der Waals surface area contributed by atoms with Crippen molar-refractivity contribution in [3.63, 3.8) is 0 Å². The van der Waals surface area contributed by atoms with Crippen molar-refractivity contribution in [2.24, 2.45) is 0 Å². The number of rotatable bonds is 2. The van der Waals surface area contributed by atoms with E-state index in [1.54, 1.807) is 0 Å². The van der Waals surface area contributed by atoms with E-state index >= 15 is 0 Å². The van der Waals surface area contributed by atoms with Gasteiger partial charge < -0.3 is 5.32 Å². The molecule has 0 bridgehead atoms. The van der Waals surface area contributed by atoms with Gasteiger partial charge in [-0.2, -0.15) is 0 Å². The van der Waals surface area contributed by atoms with Crippen LogP contribution in [0.15, 0.2) is 42.5 Å². The van der Waals surface area contributed by atoms with Gasteiger partial charge in [-0.25, -0.2) is 4.79 Å². The molecule has 0 aromatic heterocycles. The summed E-state index contributed by atoms with van der Waals surface area (Å²) in [6, 6.07) is 13.1. The van der Waals surface area contributed by atoms with Crippen LogP contribution >= 0.6 is 0 Å². The lowest BCUT2D eigenvalue weighted by molar-refractivity contribution is -0.122. The first kappa shape index (κ1) is 14.3. The number of nitrogens with one attached hydrogen (secondary N) is 2. The van der Waals surface area contributed by atoms with Crippen LogP contribution in [0.2, 0.25) is 0 Å². The third-order valence-electron chi connectivity index (χ3n) is 4.07. The molecule has 2 aromatic carbocycles. The van der Waals surface area contributed by atoms with Crippen LogP contribution in [-0.4, -0.2) is 11.9 Å². The summed E-state index contributed by atoms with van der Waals surface area (Å²) < 4.78 is 0. The molecule has 0 unspecified atom stereocenters. The second-order valence-electron chi connectivity index (χ2n) is 5.85. The fraction of sp³-hybridized carbons (Fsp3) is 0.222. The van der Waals surface area contributed by atoms with E-state index in [0.717, 1.165) is 27.8 Å². The summed E-state index contributed by atoms with van der Waals surface area (Å²) >= 11 is 0. The van der Waals surface area contributed by atoms with Crippen molar-refractivity contribution < 1.29 is 9.59 Å². The summed E-state index contributed by atoms with van der Waals surface area (Å²) in [6.07, 6.45) is 0. The summed E-state index contributed by atoms with van der Waals surface area (Å²) in [7, 11) is 0. The predicted octanol–water partition coefficient (Wildman–Crippen LogP) is 2.69. The predicted molar refractivity (Wildman–Crippen MR) is 84.5 cm³/mol. The Morgan fingerprint density at radius 1 is 0.909 bits per heavy atom. The number of aryl methyl sites for hydroxylation is 3. The highest BCUT2D eigenvalue weighted by Gasteiger charge is 2.49. The second-order valence-corrected chi connectivity index (χ2v) is 5.85. The molecular weight excluding hydrogens is 276 g/mol. The zero-order valence-electron chi connectivity index (χ0n) is 12.9. The maximum absolute atomic E-state index is 12.7. The van der Waals surface area contributed by atoms with Gasteiger partial charge in [0.2, 0.25) is 0 Å². The van der Waals surface area contributed by atoms with Crippen LogP contribution in [0.1, 0.15) is 27.8 Å². The molecule has 2 aromatic rings. The van der Waals surface area contributed by atoms with E-state index in [1.165, 1.54) is 0 Å². The maximum Gasteiger partial charge on any atom is 0.322 e. The van der Waals surface area contributed by atoms with Gasteiger partial charge in [0.1, 0.15) is 0 Å². The minimum atomic E-state index is -1.17. The topological polar surface area (TPSA) is 58.2 Å². The quantitative estimate of drug-likeness (QED) is 0.837. The molecular formula is C18H18N2O2. The van der Waals surface area contributed by atoms with E-state index in [1.807, 2.05) is 63.2 Å². The molecule has 3 amide bonds. The first-order chi connectivity index (χ1) is 10.4. The average molecular weight is 294 g/mol. The Balaban J connectivity index is 2.32. The summed E-state index contributed by atoms with van der Waals surface area (Å²) in [5, 5.41) is 5.23. The fourth-order valence-electron chi connectivity index (χ4n) is 3.19. The number of urea groups is 1. The zero-order valence-corrected chi connectivity index (χ0v) is 12.9. The zero-order chi connectivity index (χ0) is 15.9. The first-order valence-electron chi connectivity index (χ1n) is 7.22. The Bertz CT molecular complexity index is 762. The Hall–Kier alpha value is -2.62. The average Bonchev–Trinajstić information content (AvgIpc) is 2.74. The van der Waals surface area contributed by atoms with Crippen LogP contribution in [0, 0.1) is 20.8 Å². The van der Waals surface area contributed by atoms with Crippen LogP contribution < -0.4 is 10.6 Å². The SMILES string of the molecule is Cc1cc(C)cc([C@@]2(c3ccccc3C)NC(=O)NC2=O)c1. The monoisotopic (exact) mass is 294 g/mol. The minimum absolute atomic E-state index is 0.336. The number of benzene rings is 2. The van der Waals surface area contributed by atoms with Crippen LogP contribution in [0.25, 0.3) is 0 Å². The normalized spacial score (nSPS) is 20.7.